The first-order valence-electron chi connectivity index (χ1n) is 6.17. The number of nitrogens with one attached hydrogen (secondary N) is 1. The molecule has 0 spiro atoms. The minimum absolute atomic E-state index is 0.103. The maximum Gasteiger partial charge on any atom is 0.335 e. The summed E-state index contributed by atoms with van der Waals surface area (Å²) in [4.78, 5) is 10.1. The fourth-order valence-corrected chi connectivity index (χ4v) is 2.61. The van der Waals surface area contributed by atoms with E-state index in [2.05, 4.69) is 4.72 Å². The Morgan fingerprint density at radius 3 is 2.40 bits per heavy atom. The lowest BCUT2D eigenvalue weighted by Crippen LogP contribution is -2.30. The second kappa shape index (κ2) is 6.32. The SMILES string of the molecule is CC(C)C(C)CNS(=O)(=O)c1ccc(C(=O)O)cc1F. The first-order chi connectivity index (χ1) is 9.15. The van der Waals surface area contributed by atoms with Crippen LogP contribution in [0, 0.1) is 17.7 Å². The van der Waals surface area contributed by atoms with Gasteiger partial charge in [0.2, 0.25) is 10.0 Å². The summed E-state index contributed by atoms with van der Waals surface area (Å²) in [5.41, 5.74) is -0.294. The molecule has 1 aromatic rings. The number of aromatic carboxylic acids is 1. The van der Waals surface area contributed by atoms with E-state index in [9.17, 15) is 17.6 Å². The van der Waals surface area contributed by atoms with Gasteiger partial charge in [-0.3, -0.25) is 0 Å². The zero-order valence-corrected chi connectivity index (χ0v) is 12.4. The molecule has 0 amide bonds. The molecular formula is C13H18FNO4S. The summed E-state index contributed by atoms with van der Waals surface area (Å²) in [6.07, 6.45) is 0. The standard InChI is InChI=1S/C13H18FNO4S/c1-8(2)9(3)7-15-20(18,19)12-5-4-10(13(16)17)6-11(12)14/h4-6,8-9,15H,7H2,1-3H3,(H,16,17). The molecule has 1 aromatic carbocycles. The van der Waals surface area contributed by atoms with Crippen LogP contribution in [0.4, 0.5) is 4.39 Å². The highest BCUT2D eigenvalue weighted by Crippen LogP contribution is 2.17. The summed E-state index contributed by atoms with van der Waals surface area (Å²) in [5.74, 6) is -1.99. The summed E-state index contributed by atoms with van der Waals surface area (Å²) in [6, 6.07) is 2.72. The van der Waals surface area contributed by atoms with Crippen molar-refractivity contribution in [2.24, 2.45) is 11.8 Å². The zero-order valence-electron chi connectivity index (χ0n) is 11.6. The molecule has 0 heterocycles. The fourth-order valence-electron chi connectivity index (χ4n) is 1.41. The van der Waals surface area contributed by atoms with Gasteiger partial charge in [-0.15, -0.1) is 0 Å². The average Bonchev–Trinajstić information content (AvgIpc) is 2.35. The second-order valence-corrected chi connectivity index (χ2v) is 6.76. The molecule has 0 saturated carbocycles. The van der Waals surface area contributed by atoms with Crippen molar-refractivity contribution in [2.75, 3.05) is 6.54 Å². The molecule has 1 unspecified atom stereocenters. The summed E-state index contributed by atoms with van der Waals surface area (Å²) >= 11 is 0. The Morgan fingerprint density at radius 2 is 1.95 bits per heavy atom. The van der Waals surface area contributed by atoms with Crippen molar-refractivity contribution in [3.05, 3.63) is 29.6 Å². The van der Waals surface area contributed by atoms with E-state index in [0.29, 0.717) is 6.07 Å². The van der Waals surface area contributed by atoms with Crippen molar-refractivity contribution < 1.29 is 22.7 Å². The predicted molar refractivity (Wildman–Crippen MR) is 72.5 cm³/mol. The van der Waals surface area contributed by atoms with Crippen LogP contribution in [0.2, 0.25) is 0 Å². The van der Waals surface area contributed by atoms with Crippen molar-refractivity contribution in [3.8, 4) is 0 Å². The van der Waals surface area contributed by atoms with Gasteiger partial charge in [0.25, 0.3) is 0 Å². The van der Waals surface area contributed by atoms with Gasteiger partial charge in [-0.05, 0) is 30.0 Å². The third kappa shape index (κ3) is 4.01. The van der Waals surface area contributed by atoms with Crippen LogP contribution >= 0.6 is 0 Å². The Kier molecular flexibility index (Phi) is 5.24. The lowest BCUT2D eigenvalue weighted by atomic mass is 9.99. The molecule has 5 nitrogen and oxygen atoms in total. The molecule has 1 atom stereocenters. The number of hydrogen-bond acceptors (Lipinski definition) is 3. The van der Waals surface area contributed by atoms with Crippen LogP contribution in [-0.2, 0) is 10.0 Å². The molecule has 0 aliphatic rings. The van der Waals surface area contributed by atoms with Crippen LogP contribution < -0.4 is 4.72 Å². The fraction of sp³-hybridized carbons (Fsp3) is 0.462. The van der Waals surface area contributed by atoms with Gasteiger partial charge in [-0.2, -0.15) is 0 Å². The minimum atomic E-state index is -3.98. The highest BCUT2D eigenvalue weighted by molar-refractivity contribution is 7.89. The molecule has 1 rings (SSSR count). The van der Waals surface area contributed by atoms with Crippen LogP contribution in [0.3, 0.4) is 0 Å². The maximum atomic E-state index is 13.7. The van der Waals surface area contributed by atoms with Crippen molar-refractivity contribution in [2.45, 2.75) is 25.7 Å². The Balaban J connectivity index is 2.96. The summed E-state index contributed by atoms with van der Waals surface area (Å²) in [6.45, 7) is 6.00. The normalized spacial score (nSPS) is 13.4. The molecule has 20 heavy (non-hydrogen) atoms. The number of halogens is 1. The molecule has 0 aromatic heterocycles. The molecule has 0 bridgehead atoms. The van der Waals surface area contributed by atoms with E-state index in [1.807, 2.05) is 20.8 Å². The van der Waals surface area contributed by atoms with E-state index < -0.39 is 26.7 Å². The molecule has 0 saturated heterocycles. The van der Waals surface area contributed by atoms with Gasteiger partial charge in [0.15, 0.2) is 0 Å². The van der Waals surface area contributed by atoms with Crippen LogP contribution in [0.1, 0.15) is 31.1 Å². The monoisotopic (exact) mass is 303 g/mol. The number of sulfonamides is 1. The highest BCUT2D eigenvalue weighted by Gasteiger charge is 2.21. The van der Waals surface area contributed by atoms with Crippen molar-refractivity contribution in [1.29, 1.82) is 0 Å². The molecule has 0 fully saturated rings. The quantitative estimate of drug-likeness (QED) is 0.843. The van der Waals surface area contributed by atoms with Gasteiger partial charge in [-0.1, -0.05) is 20.8 Å². The van der Waals surface area contributed by atoms with Crippen LogP contribution in [0.15, 0.2) is 23.1 Å². The van der Waals surface area contributed by atoms with Crippen molar-refractivity contribution >= 4 is 16.0 Å². The van der Waals surface area contributed by atoms with Gasteiger partial charge in [0.1, 0.15) is 10.7 Å². The summed E-state index contributed by atoms with van der Waals surface area (Å²) < 4.78 is 40.0. The molecular weight excluding hydrogens is 285 g/mol. The first-order valence-corrected chi connectivity index (χ1v) is 7.66. The van der Waals surface area contributed by atoms with Gasteiger partial charge in [0.05, 0.1) is 5.56 Å². The smallest absolute Gasteiger partial charge is 0.335 e. The lowest BCUT2D eigenvalue weighted by Gasteiger charge is -2.16. The molecule has 0 radical (unpaired) electrons. The van der Waals surface area contributed by atoms with Gasteiger partial charge >= 0.3 is 5.97 Å². The number of benzene rings is 1. The molecule has 0 aliphatic heterocycles. The van der Waals surface area contributed by atoms with Gasteiger partial charge in [-0.25, -0.2) is 22.3 Å². The Bertz CT molecular complexity index is 598. The Hall–Kier alpha value is -1.47. The van der Waals surface area contributed by atoms with Crippen LogP contribution in [0.25, 0.3) is 0 Å². The molecule has 112 valence electrons. The molecule has 7 heteroatoms. The molecule has 0 aliphatic carbocycles. The summed E-state index contributed by atoms with van der Waals surface area (Å²) in [7, 11) is -3.98. The lowest BCUT2D eigenvalue weighted by molar-refractivity contribution is 0.0696. The van der Waals surface area contributed by atoms with E-state index in [1.54, 1.807) is 0 Å². The second-order valence-electron chi connectivity index (χ2n) is 5.02. The van der Waals surface area contributed by atoms with E-state index in [1.165, 1.54) is 0 Å². The van der Waals surface area contributed by atoms with E-state index >= 15 is 0 Å². The van der Waals surface area contributed by atoms with E-state index in [0.717, 1.165) is 12.1 Å². The minimum Gasteiger partial charge on any atom is -0.478 e. The number of hydrogen-bond donors (Lipinski definition) is 2. The first kappa shape index (κ1) is 16.6. The third-order valence-electron chi connectivity index (χ3n) is 3.20. The average molecular weight is 303 g/mol. The highest BCUT2D eigenvalue weighted by atomic mass is 32.2. The summed E-state index contributed by atoms with van der Waals surface area (Å²) in [5, 5.41) is 8.71. The van der Waals surface area contributed by atoms with Crippen LogP contribution in [-0.4, -0.2) is 26.0 Å². The van der Waals surface area contributed by atoms with Gasteiger partial charge in [0, 0.05) is 6.54 Å². The zero-order chi connectivity index (χ0) is 15.5. The topological polar surface area (TPSA) is 83.5 Å². The number of carbonyl (C=O) groups is 1. The maximum absolute atomic E-state index is 13.7. The van der Waals surface area contributed by atoms with Crippen LogP contribution in [0.5, 0.6) is 0 Å². The van der Waals surface area contributed by atoms with Crippen molar-refractivity contribution in [1.82, 2.24) is 4.72 Å². The Morgan fingerprint density at radius 1 is 1.35 bits per heavy atom. The Labute approximate surface area is 117 Å². The molecule has 2 N–H and O–H groups in total. The largest absolute Gasteiger partial charge is 0.478 e. The number of rotatable bonds is 6. The van der Waals surface area contributed by atoms with Gasteiger partial charge < -0.3 is 5.11 Å². The van der Waals surface area contributed by atoms with E-state index in [4.69, 9.17) is 5.11 Å². The number of carboxylic acids is 1. The third-order valence-corrected chi connectivity index (χ3v) is 4.66. The number of carboxylic acid groups (broad SMARTS) is 1. The van der Waals surface area contributed by atoms with E-state index in [-0.39, 0.29) is 23.9 Å². The predicted octanol–water partition coefficient (Wildman–Crippen LogP) is 2.09. The van der Waals surface area contributed by atoms with Crippen molar-refractivity contribution in [3.63, 3.8) is 0 Å².